The number of esters is 1. The molecule has 15 heteroatoms. The van der Waals surface area contributed by atoms with Crippen LogP contribution in [0, 0.1) is 5.41 Å². The Morgan fingerprint density at radius 2 is 1.86 bits per heavy atom. The average Bonchev–Trinajstić information content (AvgIpc) is 3.51. The number of nitrogens with two attached hydrogens (primary N) is 1. The molecule has 1 aliphatic carbocycles. The van der Waals surface area contributed by atoms with Crippen LogP contribution >= 0.6 is 11.6 Å². The third kappa shape index (κ3) is 8.67. The second-order valence-electron chi connectivity index (χ2n) is 13.6. The monoisotopic (exact) mass is 730 g/mol. The maximum atomic E-state index is 14.9. The van der Waals surface area contributed by atoms with Crippen molar-refractivity contribution in [2.24, 2.45) is 5.41 Å². The van der Waals surface area contributed by atoms with Gasteiger partial charge in [0.1, 0.15) is 11.9 Å². The first-order chi connectivity index (χ1) is 24.3. The number of nitrogen functional groups attached to an aromatic ring is 1. The van der Waals surface area contributed by atoms with E-state index in [1.165, 1.54) is 30.3 Å². The molecule has 51 heavy (non-hydrogen) atoms. The Morgan fingerprint density at radius 1 is 1.12 bits per heavy atom. The zero-order valence-electron chi connectivity index (χ0n) is 28.2. The molecule has 1 unspecified atom stereocenters. The first kappa shape index (κ1) is 36.6. The number of hydrogen-bond donors (Lipinski definition) is 4. The van der Waals surface area contributed by atoms with Crippen LogP contribution in [0.4, 0.5) is 24.9 Å². The third-order valence-electron chi connectivity index (χ3n) is 10.1. The van der Waals surface area contributed by atoms with Gasteiger partial charge in [0.15, 0.2) is 0 Å². The fraction of sp³-hybridized carbons (Fsp3) is 0.500. The Morgan fingerprint density at radius 3 is 2.57 bits per heavy atom. The summed E-state index contributed by atoms with van der Waals surface area (Å²) in [5.41, 5.74) is 6.43. The highest BCUT2D eigenvalue weighted by molar-refractivity contribution is 6.30. The number of carbonyl (C=O) groups excluding carboxylic acids is 2. The molecule has 3 aromatic rings. The Kier molecular flexibility index (Phi) is 10.9. The van der Waals surface area contributed by atoms with Crippen LogP contribution in [-0.2, 0) is 9.53 Å². The number of amides is 1. The van der Waals surface area contributed by atoms with Crippen LogP contribution in [0.5, 0.6) is 5.88 Å². The Labute approximate surface area is 299 Å². The van der Waals surface area contributed by atoms with Crippen LogP contribution in [0.3, 0.4) is 0 Å². The van der Waals surface area contributed by atoms with Crippen molar-refractivity contribution in [1.29, 1.82) is 0 Å². The van der Waals surface area contributed by atoms with E-state index in [1.807, 2.05) is 4.90 Å². The maximum Gasteiger partial charge on any atom is 0.429 e. The van der Waals surface area contributed by atoms with Crippen LogP contribution in [0.1, 0.15) is 73.9 Å². The minimum absolute atomic E-state index is 0.102. The Balaban J connectivity index is 1.21. The predicted octanol–water partition coefficient (Wildman–Crippen LogP) is 5.61. The van der Waals surface area contributed by atoms with Crippen LogP contribution in [0.25, 0.3) is 11.1 Å². The molecular weight excluding hydrogens is 689 g/mol. The normalized spacial score (nSPS) is 22.4. The largest absolute Gasteiger partial charge is 0.465 e. The molecule has 1 saturated carbocycles. The van der Waals surface area contributed by atoms with Gasteiger partial charge >= 0.3 is 12.1 Å². The number of piperidine rings is 1. The summed E-state index contributed by atoms with van der Waals surface area (Å²) >= 11 is 6.31. The van der Waals surface area contributed by atoms with Crippen molar-refractivity contribution in [2.75, 3.05) is 36.9 Å². The summed E-state index contributed by atoms with van der Waals surface area (Å²) in [7, 11) is 0. The lowest BCUT2D eigenvalue weighted by molar-refractivity contribution is -0.198. The molecule has 3 heterocycles. The summed E-state index contributed by atoms with van der Waals surface area (Å²) in [4.78, 5) is 35.7. The lowest BCUT2D eigenvalue weighted by atomic mass is 9.76. The third-order valence-corrected chi connectivity index (χ3v) is 10.3. The van der Waals surface area contributed by atoms with Gasteiger partial charge in [-0.15, -0.1) is 0 Å². The fourth-order valence-corrected chi connectivity index (χ4v) is 7.49. The van der Waals surface area contributed by atoms with E-state index >= 15 is 0 Å². The van der Waals surface area contributed by atoms with Gasteiger partial charge in [-0.1, -0.05) is 29.8 Å². The molecule has 2 saturated heterocycles. The molecule has 1 amide bonds. The second-order valence-corrected chi connectivity index (χ2v) is 14.1. The number of nitrogens with one attached hydrogen (secondary N) is 2. The van der Waals surface area contributed by atoms with Gasteiger partial charge in [0.05, 0.1) is 12.7 Å². The molecule has 1 aromatic heterocycles. The average molecular weight is 731 g/mol. The van der Waals surface area contributed by atoms with E-state index in [0.29, 0.717) is 69.7 Å². The number of ether oxygens (including phenoxy) is 2. The molecule has 0 bridgehead atoms. The second kappa shape index (κ2) is 15.2. The molecule has 3 fully saturated rings. The van der Waals surface area contributed by atoms with E-state index in [9.17, 15) is 27.9 Å². The van der Waals surface area contributed by atoms with E-state index in [-0.39, 0.29) is 69.0 Å². The summed E-state index contributed by atoms with van der Waals surface area (Å²) in [6.07, 6.45) is -3.16. The molecule has 5 N–H and O–H groups in total. The van der Waals surface area contributed by atoms with Crippen LogP contribution in [-0.4, -0.2) is 77.6 Å². The minimum atomic E-state index is -4.88. The number of aliphatic hydroxyl groups excluding tert-OH is 1. The molecule has 2 aliphatic heterocycles. The quantitative estimate of drug-likeness (QED) is 0.205. The summed E-state index contributed by atoms with van der Waals surface area (Å²) in [5, 5.41) is 16.2. The number of aliphatic hydroxyl groups is 1. The zero-order chi connectivity index (χ0) is 36.3. The van der Waals surface area contributed by atoms with Gasteiger partial charge in [-0.3, -0.25) is 9.59 Å². The molecule has 2 aromatic carbocycles. The number of carbonyl (C=O) groups is 2. The molecule has 1 spiro atoms. The van der Waals surface area contributed by atoms with Crippen LogP contribution in [0.15, 0.2) is 48.5 Å². The number of alkyl halides is 3. The van der Waals surface area contributed by atoms with Gasteiger partial charge in [0.2, 0.25) is 17.9 Å². The highest BCUT2D eigenvalue weighted by Crippen LogP contribution is 2.44. The molecule has 3 aliphatic rings. The predicted molar refractivity (Wildman–Crippen MR) is 185 cm³/mol. The maximum absolute atomic E-state index is 14.9. The van der Waals surface area contributed by atoms with Crippen molar-refractivity contribution in [3.8, 4) is 17.0 Å². The van der Waals surface area contributed by atoms with E-state index < -0.39 is 12.3 Å². The minimum Gasteiger partial charge on any atom is -0.465 e. The van der Waals surface area contributed by atoms with Crippen molar-refractivity contribution in [3.05, 3.63) is 64.7 Å². The van der Waals surface area contributed by atoms with Crippen molar-refractivity contribution in [2.45, 2.75) is 82.3 Å². The first-order valence-electron chi connectivity index (χ1n) is 17.2. The molecular formula is C36H42ClF3N6O5. The molecule has 2 atom stereocenters. The lowest BCUT2D eigenvalue weighted by Gasteiger charge is -2.39. The smallest absolute Gasteiger partial charge is 0.429 e. The topological polar surface area (TPSA) is 152 Å². The van der Waals surface area contributed by atoms with Gasteiger partial charge in [0, 0.05) is 47.9 Å². The van der Waals surface area contributed by atoms with Gasteiger partial charge < -0.3 is 35.8 Å². The van der Waals surface area contributed by atoms with E-state index in [0.717, 1.165) is 12.8 Å². The number of halogens is 4. The van der Waals surface area contributed by atoms with Crippen molar-refractivity contribution < 1.29 is 37.3 Å². The van der Waals surface area contributed by atoms with Gasteiger partial charge in [-0.2, -0.15) is 23.1 Å². The molecule has 6 rings (SSSR count). The Bertz CT molecular complexity index is 1730. The standard InChI is InChI=1S/C36H42ClF3N6O5/c1-2-50-33(49)28-19-35(20-42-28)12-14-46(15-13-35)29-18-30(45-34(41)44-29)51-31(36(38,39)40)26-11-6-23(37)17-27(26)21-4-3-5-22(16-21)32(48)43-24-7-9-25(47)10-8-24/h3-6,11,16-18,24-25,28,31,42,47H,2,7-10,12-15,19-20H2,1H3,(H,43,48)(H2,41,44,45)/t24?,25?,28?,31-/m1/s1. The number of nitrogens with zero attached hydrogens (tertiary/aromatic N) is 3. The number of rotatable bonds is 9. The lowest BCUT2D eigenvalue weighted by Crippen LogP contribution is -2.41. The number of anilines is 2. The van der Waals surface area contributed by atoms with E-state index in [1.54, 1.807) is 25.1 Å². The number of benzene rings is 2. The van der Waals surface area contributed by atoms with Crippen LogP contribution < -0.4 is 26.0 Å². The highest BCUT2D eigenvalue weighted by atomic mass is 35.5. The van der Waals surface area contributed by atoms with Gasteiger partial charge in [0.25, 0.3) is 5.91 Å². The van der Waals surface area contributed by atoms with Crippen molar-refractivity contribution >= 4 is 35.2 Å². The molecule has 11 nitrogen and oxygen atoms in total. The van der Waals surface area contributed by atoms with Crippen LogP contribution in [0.2, 0.25) is 5.02 Å². The fourth-order valence-electron chi connectivity index (χ4n) is 7.32. The molecule has 0 radical (unpaired) electrons. The van der Waals surface area contributed by atoms with Crippen molar-refractivity contribution in [3.63, 3.8) is 0 Å². The highest BCUT2D eigenvalue weighted by Gasteiger charge is 2.46. The van der Waals surface area contributed by atoms with E-state index in [4.69, 9.17) is 26.8 Å². The van der Waals surface area contributed by atoms with Crippen molar-refractivity contribution in [1.82, 2.24) is 20.6 Å². The summed E-state index contributed by atoms with van der Waals surface area (Å²) in [5.74, 6) is -0.877. The Hall–Kier alpha value is -4.14. The summed E-state index contributed by atoms with van der Waals surface area (Å²) in [6.45, 7) is 3.84. The van der Waals surface area contributed by atoms with E-state index in [2.05, 4.69) is 20.6 Å². The summed E-state index contributed by atoms with van der Waals surface area (Å²) in [6, 6.07) is 11.2. The SMILES string of the molecule is CCOC(=O)C1CC2(CCN(c3cc(O[C@H](c4ccc(Cl)cc4-c4cccc(C(=O)NC5CCC(O)CC5)c4)C(F)(F)F)nc(N)n3)CC2)CN1. The zero-order valence-corrected chi connectivity index (χ0v) is 29.0. The van der Waals surface area contributed by atoms with Gasteiger partial charge in [-0.25, -0.2) is 0 Å². The number of aromatic nitrogens is 2. The first-order valence-corrected chi connectivity index (χ1v) is 17.6. The summed E-state index contributed by atoms with van der Waals surface area (Å²) < 4.78 is 55.5. The molecule has 274 valence electrons. The van der Waals surface area contributed by atoms with Gasteiger partial charge in [-0.05, 0) is 92.7 Å². The number of hydrogen-bond acceptors (Lipinski definition) is 10.